The van der Waals surface area contributed by atoms with Gasteiger partial charge in [-0.3, -0.25) is 9.69 Å². The number of nitrogens with one attached hydrogen (secondary N) is 1. The second kappa shape index (κ2) is 6.13. The zero-order chi connectivity index (χ0) is 14.7. The van der Waals surface area contributed by atoms with Crippen LogP contribution < -0.4 is 10.1 Å². The van der Waals surface area contributed by atoms with Gasteiger partial charge in [0.2, 0.25) is 5.91 Å². The van der Waals surface area contributed by atoms with E-state index >= 15 is 0 Å². The molecule has 1 aliphatic rings. The van der Waals surface area contributed by atoms with E-state index in [2.05, 4.69) is 10.2 Å². The Labute approximate surface area is 119 Å². The molecule has 1 aliphatic heterocycles. The Morgan fingerprint density at radius 2 is 2.30 bits per heavy atom. The predicted molar refractivity (Wildman–Crippen MR) is 76.9 cm³/mol. The number of nitrogens with zero attached hydrogens (tertiary/aromatic N) is 1. The third kappa shape index (κ3) is 2.72. The SMILES string of the molecule is CNC(=O)C1CCCN1C(C)c1ccc(OC)cc1O. The Kier molecular flexibility index (Phi) is 4.49. The third-order valence-corrected chi connectivity index (χ3v) is 4.03. The number of amides is 1. The molecule has 0 spiro atoms. The van der Waals surface area contributed by atoms with Crippen molar-refractivity contribution in [1.29, 1.82) is 0 Å². The van der Waals surface area contributed by atoms with Crippen LogP contribution in [0.5, 0.6) is 11.5 Å². The molecule has 0 aromatic heterocycles. The molecule has 1 aromatic carbocycles. The van der Waals surface area contributed by atoms with Crippen molar-refractivity contribution in [3.05, 3.63) is 23.8 Å². The summed E-state index contributed by atoms with van der Waals surface area (Å²) < 4.78 is 5.09. The fraction of sp³-hybridized carbons (Fsp3) is 0.533. The smallest absolute Gasteiger partial charge is 0.237 e. The first-order valence-corrected chi connectivity index (χ1v) is 6.92. The average Bonchev–Trinajstić information content (AvgIpc) is 2.94. The molecule has 0 radical (unpaired) electrons. The number of hydrogen-bond donors (Lipinski definition) is 2. The highest BCUT2D eigenvalue weighted by Crippen LogP contribution is 2.35. The van der Waals surface area contributed by atoms with Gasteiger partial charge in [-0.15, -0.1) is 0 Å². The second-order valence-corrected chi connectivity index (χ2v) is 5.11. The maximum absolute atomic E-state index is 11.9. The number of likely N-dealkylation sites (tertiary alicyclic amines) is 1. The van der Waals surface area contributed by atoms with E-state index < -0.39 is 0 Å². The fourth-order valence-electron chi connectivity index (χ4n) is 2.88. The maximum atomic E-state index is 11.9. The Hall–Kier alpha value is -1.75. The number of ether oxygens (including phenoxy) is 1. The lowest BCUT2D eigenvalue weighted by molar-refractivity contribution is -0.125. The molecule has 0 bridgehead atoms. The van der Waals surface area contributed by atoms with Crippen LogP contribution in [0.3, 0.4) is 0 Å². The van der Waals surface area contributed by atoms with E-state index in [1.807, 2.05) is 19.1 Å². The van der Waals surface area contributed by atoms with Crippen LogP contribution >= 0.6 is 0 Å². The molecular formula is C15H22N2O3. The lowest BCUT2D eigenvalue weighted by atomic mass is 10.0. The number of carbonyl (C=O) groups is 1. The van der Waals surface area contributed by atoms with Gasteiger partial charge in [0.25, 0.3) is 0 Å². The molecule has 110 valence electrons. The molecule has 2 atom stereocenters. The van der Waals surface area contributed by atoms with E-state index in [1.54, 1.807) is 20.2 Å². The van der Waals surface area contributed by atoms with Crippen molar-refractivity contribution in [2.75, 3.05) is 20.7 Å². The minimum atomic E-state index is -0.114. The normalized spacial score (nSPS) is 20.6. The van der Waals surface area contributed by atoms with Crippen molar-refractivity contribution >= 4 is 5.91 Å². The van der Waals surface area contributed by atoms with Gasteiger partial charge in [-0.1, -0.05) is 6.07 Å². The predicted octanol–water partition coefficient (Wildman–Crippen LogP) is 1.67. The molecule has 1 saturated heterocycles. The second-order valence-electron chi connectivity index (χ2n) is 5.11. The molecule has 1 heterocycles. The Morgan fingerprint density at radius 3 is 2.90 bits per heavy atom. The first kappa shape index (κ1) is 14.7. The number of rotatable bonds is 4. The Morgan fingerprint density at radius 1 is 1.55 bits per heavy atom. The van der Waals surface area contributed by atoms with Crippen molar-refractivity contribution in [3.8, 4) is 11.5 Å². The van der Waals surface area contributed by atoms with Crippen molar-refractivity contribution in [2.24, 2.45) is 0 Å². The van der Waals surface area contributed by atoms with E-state index in [0.717, 1.165) is 24.9 Å². The number of benzene rings is 1. The highest BCUT2D eigenvalue weighted by atomic mass is 16.5. The molecule has 5 heteroatoms. The number of hydrogen-bond acceptors (Lipinski definition) is 4. The first-order chi connectivity index (χ1) is 9.58. The summed E-state index contributed by atoms with van der Waals surface area (Å²) in [5, 5.41) is 12.8. The van der Waals surface area contributed by atoms with E-state index in [9.17, 15) is 9.90 Å². The van der Waals surface area contributed by atoms with Crippen molar-refractivity contribution in [1.82, 2.24) is 10.2 Å². The fourth-order valence-corrected chi connectivity index (χ4v) is 2.88. The molecule has 2 unspecified atom stereocenters. The van der Waals surface area contributed by atoms with E-state index in [-0.39, 0.29) is 23.7 Å². The number of methoxy groups -OCH3 is 1. The van der Waals surface area contributed by atoms with Crippen LogP contribution in [0, 0.1) is 0 Å². The molecule has 2 N–H and O–H groups in total. The number of aromatic hydroxyl groups is 1. The zero-order valence-electron chi connectivity index (χ0n) is 12.2. The lowest BCUT2D eigenvalue weighted by Crippen LogP contribution is -2.42. The summed E-state index contributed by atoms with van der Waals surface area (Å²) in [5.41, 5.74) is 0.821. The third-order valence-electron chi connectivity index (χ3n) is 4.03. The van der Waals surface area contributed by atoms with Crippen LogP contribution in [0.2, 0.25) is 0 Å². The largest absolute Gasteiger partial charge is 0.507 e. The Balaban J connectivity index is 2.22. The van der Waals surface area contributed by atoms with Crippen LogP contribution in [0.15, 0.2) is 18.2 Å². The van der Waals surface area contributed by atoms with Gasteiger partial charge in [0, 0.05) is 24.7 Å². The quantitative estimate of drug-likeness (QED) is 0.879. The number of likely N-dealkylation sites (N-methyl/N-ethyl adjacent to an activating group) is 1. The summed E-state index contributed by atoms with van der Waals surface area (Å²) in [7, 11) is 3.23. The standard InChI is InChI=1S/C15H22N2O3/c1-10(12-7-6-11(20-3)9-14(12)18)17-8-4-5-13(17)15(19)16-2/h6-7,9-10,13,18H,4-5,8H2,1-3H3,(H,16,19). The molecule has 1 fully saturated rings. The Bertz CT molecular complexity index is 490. The van der Waals surface area contributed by atoms with Gasteiger partial charge in [-0.05, 0) is 32.4 Å². The molecular weight excluding hydrogens is 256 g/mol. The van der Waals surface area contributed by atoms with E-state index in [0.29, 0.717) is 5.75 Å². The summed E-state index contributed by atoms with van der Waals surface area (Å²) in [6.45, 7) is 2.88. The lowest BCUT2D eigenvalue weighted by Gasteiger charge is -2.30. The van der Waals surface area contributed by atoms with E-state index in [4.69, 9.17) is 4.74 Å². The van der Waals surface area contributed by atoms with Crippen LogP contribution in [-0.2, 0) is 4.79 Å². The van der Waals surface area contributed by atoms with Gasteiger partial charge in [0.05, 0.1) is 13.2 Å². The highest BCUT2D eigenvalue weighted by molar-refractivity contribution is 5.81. The van der Waals surface area contributed by atoms with Crippen molar-refractivity contribution in [3.63, 3.8) is 0 Å². The highest BCUT2D eigenvalue weighted by Gasteiger charge is 2.34. The summed E-state index contributed by atoms with van der Waals surface area (Å²) in [5.74, 6) is 0.879. The number of carbonyl (C=O) groups excluding carboxylic acids is 1. The molecule has 1 amide bonds. The van der Waals surface area contributed by atoms with Crippen LogP contribution in [-0.4, -0.2) is 42.7 Å². The first-order valence-electron chi connectivity index (χ1n) is 6.92. The molecule has 2 rings (SSSR count). The van der Waals surface area contributed by atoms with E-state index in [1.165, 1.54) is 0 Å². The van der Waals surface area contributed by atoms with Gasteiger partial charge in [0.15, 0.2) is 0 Å². The molecule has 0 aliphatic carbocycles. The van der Waals surface area contributed by atoms with Crippen LogP contribution in [0.1, 0.15) is 31.4 Å². The molecule has 20 heavy (non-hydrogen) atoms. The van der Waals surface area contributed by atoms with Crippen LogP contribution in [0.25, 0.3) is 0 Å². The van der Waals surface area contributed by atoms with Gasteiger partial charge < -0.3 is 15.2 Å². The summed E-state index contributed by atoms with van der Waals surface area (Å²) in [6.07, 6.45) is 1.86. The van der Waals surface area contributed by atoms with Gasteiger partial charge in [0.1, 0.15) is 11.5 Å². The minimum Gasteiger partial charge on any atom is -0.507 e. The monoisotopic (exact) mass is 278 g/mol. The number of phenolic OH excluding ortho intramolecular Hbond substituents is 1. The zero-order valence-corrected chi connectivity index (χ0v) is 12.2. The van der Waals surface area contributed by atoms with Crippen molar-refractivity contribution < 1.29 is 14.6 Å². The molecule has 5 nitrogen and oxygen atoms in total. The molecule has 1 aromatic rings. The minimum absolute atomic E-state index is 0.00861. The molecule has 0 saturated carbocycles. The van der Waals surface area contributed by atoms with Crippen molar-refractivity contribution in [2.45, 2.75) is 31.8 Å². The van der Waals surface area contributed by atoms with Gasteiger partial charge in [-0.25, -0.2) is 0 Å². The van der Waals surface area contributed by atoms with Gasteiger partial charge >= 0.3 is 0 Å². The summed E-state index contributed by atoms with van der Waals surface area (Å²) in [6, 6.07) is 5.17. The summed E-state index contributed by atoms with van der Waals surface area (Å²) >= 11 is 0. The average molecular weight is 278 g/mol. The number of phenols is 1. The van der Waals surface area contributed by atoms with Gasteiger partial charge in [-0.2, -0.15) is 0 Å². The summed E-state index contributed by atoms with van der Waals surface area (Å²) in [4.78, 5) is 14.0. The maximum Gasteiger partial charge on any atom is 0.237 e. The topological polar surface area (TPSA) is 61.8 Å². The van der Waals surface area contributed by atoms with Crippen LogP contribution in [0.4, 0.5) is 0 Å².